The molecule has 0 atom stereocenters. The number of nitrogens with zero attached hydrogens (tertiary/aromatic N) is 2. The van der Waals surface area contributed by atoms with Crippen LogP contribution in [0.3, 0.4) is 0 Å². The molecule has 0 fully saturated rings. The molecule has 1 N–H and O–H groups in total. The van der Waals surface area contributed by atoms with Gasteiger partial charge in [-0.25, -0.2) is 4.98 Å². The number of aryl methyl sites for hydroxylation is 1. The van der Waals surface area contributed by atoms with Crippen LogP contribution >= 0.6 is 0 Å². The van der Waals surface area contributed by atoms with Crippen LogP contribution in [0.1, 0.15) is 11.3 Å². The Morgan fingerprint density at radius 1 is 1.17 bits per heavy atom. The van der Waals surface area contributed by atoms with Crippen molar-refractivity contribution in [3.05, 3.63) is 60.0 Å². The summed E-state index contributed by atoms with van der Waals surface area (Å²) in [6, 6.07) is 11.2. The largest absolute Gasteiger partial charge is 0.493 e. The second-order valence-electron chi connectivity index (χ2n) is 5.42. The number of pyridine rings is 1. The highest BCUT2D eigenvalue weighted by molar-refractivity contribution is 5.77. The van der Waals surface area contributed by atoms with E-state index in [-0.39, 0.29) is 12.5 Å². The number of amides is 1. The second-order valence-corrected chi connectivity index (χ2v) is 5.42. The molecule has 0 aliphatic rings. The molecule has 2 heterocycles. The molecule has 0 saturated carbocycles. The van der Waals surface area contributed by atoms with Crippen molar-refractivity contribution in [1.82, 2.24) is 14.7 Å². The van der Waals surface area contributed by atoms with Gasteiger partial charge in [0.05, 0.1) is 19.3 Å². The number of fused-ring (bicyclic) bond motifs is 1. The van der Waals surface area contributed by atoms with Gasteiger partial charge in [-0.15, -0.1) is 0 Å². The molecule has 6 nitrogen and oxygen atoms in total. The summed E-state index contributed by atoms with van der Waals surface area (Å²) in [5.41, 5.74) is 2.81. The molecule has 1 amide bonds. The first-order valence-electron chi connectivity index (χ1n) is 7.62. The molecule has 124 valence electrons. The Bertz CT molecular complexity index is 858. The lowest BCUT2D eigenvalue weighted by Crippen LogP contribution is -2.28. The molecule has 0 radical (unpaired) electrons. The SMILES string of the molecule is COc1ccccc1OCC(=O)NCc1cn2cc(C)ccc2n1. The average molecular weight is 325 g/mol. The first-order valence-corrected chi connectivity index (χ1v) is 7.62. The minimum atomic E-state index is -0.214. The summed E-state index contributed by atoms with van der Waals surface area (Å²) in [6.45, 7) is 2.30. The predicted octanol–water partition coefficient (Wildman–Crippen LogP) is 2.35. The van der Waals surface area contributed by atoms with Gasteiger partial charge in [-0.1, -0.05) is 18.2 Å². The van der Waals surface area contributed by atoms with Crippen molar-refractivity contribution >= 4 is 11.6 Å². The van der Waals surface area contributed by atoms with Gasteiger partial charge >= 0.3 is 0 Å². The van der Waals surface area contributed by atoms with E-state index in [2.05, 4.69) is 10.3 Å². The van der Waals surface area contributed by atoms with Gasteiger partial charge in [0.2, 0.25) is 0 Å². The van der Waals surface area contributed by atoms with Crippen molar-refractivity contribution in [1.29, 1.82) is 0 Å². The predicted molar refractivity (Wildman–Crippen MR) is 90.3 cm³/mol. The molecule has 6 heteroatoms. The van der Waals surface area contributed by atoms with Gasteiger partial charge in [-0.05, 0) is 30.7 Å². The van der Waals surface area contributed by atoms with E-state index in [1.165, 1.54) is 0 Å². The minimum absolute atomic E-state index is 0.0765. The number of ether oxygens (including phenoxy) is 2. The van der Waals surface area contributed by atoms with Gasteiger partial charge in [0.15, 0.2) is 18.1 Å². The van der Waals surface area contributed by atoms with E-state index in [0.29, 0.717) is 18.0 Å². The molecule has 0 aliphatic carbocycles. The van der Waals surface area contributed by atoms with Crippen LogP contribution in [0.5, 0.6) is 11.5 Å². The molecular formula is C18H19N3O3. The van der Waals surface area contributed by atoms with E-state index >= 15 is 0 Å². The third kappa shape index (κ3) is 3.65. The Hall–Kier alpha value is -3.02. The van der Waals surface area contributed by atoms with Crippen molar-refractivity contribution in [3.63, 3.8) is 0 Å². The fraction of sp³-hybridized carbons (Fsp3) is 0.222. The van der Waals surface area contributed by atoms with Gasteiger partial charge < -0.3 is 19.2 Å². The highest BCUT2D eigenvalue weighted by Crippen LogP contribution is 2.25. The number of nitrogens with one attached hydrogen (secondary N) is 1. The lowest BCUT2D eigenvalue weighted by Gasteiger charge is -2.10. The number of carbonyl (C=O) groups excluding carboxylic acids is 1. The van der Waals surface area contributed by atoms with E-state index < -0.39 is 0 Å². The van der Waals surface area contributed by atoms with Crippen LogP contribution in [0.2, 0.25) is 0 Å². The summed E-state index contributed by atoms with van der Waals surface area (Å²) >= 11 is 0. The van der Waals surface area contributed by atoms with Gasteiger partial charge in [0, 0.05) is 12.4 Å². The highest BCUT2D eigenvalue weighted by atomic mass is 16.5. The highest BCUT2D eigenvalue weighted by Gasteiger charge is 2.08. The Labute approximate surface area is 140 Å². The molecule has 2 aromatic heterocycles. The zero-order valence-electron chi connectivity index (χ0n) is 13.7. The third-order valence-electron chi connectivity index (χ3n) is 3.54. The normalized spacial score (nSPS) is 10.6. The van der Waals surface area contributed by atoms with Crippen LogP contribution in [0.4, 0.5) is 0 Å². The molecule has 0 unspecified atom stereocenters. The lowest BCUT2D eigenvalue weighted by molar-refractivity contribution is -0.123. The van der Waals surface area contributed by atoms with Crippen molar-refractivity contribution in [2.24, 2.45) is 0 Å². The van der Waals surface area contributed by atoms with Crippen LogP contribution in [0.25, 0.3) is 5.65 Å². The number of hydrogen-bond donors (Lipinski definition) is 1. The summed E-state index contributed by atoms with van der Waals surface area (Å²) in [6.07, 6.45) is 3.90. The van der Waals surface area contributed by atoms with Crippen LogP contribution < -0.4 is 14.8 Å². The number of benzene rings is 1. The molecule has 0 saturated heterocycles. The number of para-hydroxylation sites is 2. The Balaban J connectivity index is 1.55. The fourth-order valence-corrected chi connectivity index (χ4v) is 2.36. The molecule has 0 spiro atoms. The maximum Gasteiger partial charge on any atom is 0.258 e. The summed E-state index contributed by atoms with van der Waals surface area (Å²) in [4.78, 5) is 16.4. The first kappa shape index (κ1) is 15.9. The van der Waals surface area contributed by atoms with E-state index in [1.54, 1.807) is 19.2 Å². The van der Waals surface area contributed by atoms with Crippen LogP contribution in [-0.4, -0.2) is 29.0 Å². The smallest absolute Gasteiger partial charge is 0.258 e. The molecule has 24 heavy (non-hydrogen) atoms. The van der Waals surface area contributed by atoms with Crippen LogP contribution in [0, 0.1) is 6.92 Å². The van der Waals surface area contributed by atoms with E-state index in [0.717, 1.165) is 16.9 Å². The Kier molecular flexibility index (Phi) is 4.65. The molecule has 0 bridgehead atoms. The second kappa shape index (κ2) is 7.04. The summed E-state index contributed by atoms with van der Waals surface area (Å²) in [7, 11) is 1.56. The summed E-state index contributed by atoms with van der Waals surface area (Å²) < 4.78 is 12.6. The topological polar surface area (TPSA) is 64.9 Å². The molecule has 1 aromatic carbocycles. The fourth-order valence-electron chi connectivity index (χ4n) is 2.36. The van der Waals surface area contributed by atoms with Crippen LogP contribution in [-0.2, 0) is 11.3 Å². The standard InChI is InChI=1S/C18H19N3O3/c1-13-7-8-17-20-14(11-21(17)10-13)9-19-18(22)12-24-16-6-4-3-5-15(16)23-2/h3-8,10-11H,9,12H2,1-2H3,(H,19,22). The van der Waals surface area contributed by atoms with E-state index in [1.807, 2.05) is 48.0 Å². The van der Waals surface area contributed by atoms with Crippen molar-refractivity contribution in [3.8, 4) is 11.5 Å². The molecule has 3 aromatic rings. The molecule has 3 rings (SSSR count). The van der Waals surface area contributed by atoms with Gasteiger partial charge in [-0.2, -0.15) is 0 Å². The van der Waals surface area contributed by atoms with Gasteiger partial charge in [-0.3, -0.25) is 4.79 Å². The van der Waals surface area contributed by atoms with Crippen LogP contribution in [0.15, 0.2) is 48.8 Å². The number of hydrogen-bond acceptors (Lipinski definition) is 4. The maximum absolute atomic E-state index is 11.9. The zero-order chi connectivity index (χ0) is 16.9. The third-order valence-corrected chi connectivity index (χ3v) is 3.54. The molecule has 0 aliphatic heterocycles. The average Bonchev–Trinajstić information content (AvgIpc) is 3.00. The number of rotatable bonds is 6. The Morgan fingerprint density at radius 3 is 2.75 bits per heavy atom. The number of methoxy groups -OCH3 is 1. The monoisotopic (exact) mass is 325 g/mol. The number of carbonyl (C=O) groups is 1. The molecular weight excluding hydrogens is 306 g/mol. The zero-order valence-corrected chi connectivity index (χ0v) is 13.7. The van der Waals surface area contributed by atoms with Crippen molar-refractivity contribution in [2.75, 3.05) is 13.7 Å². The lowest BCUT2D eigenvalue weighted by atomic mass is 10.3. The van der Waals surface area contributed by atoms with Crippen molar-refractivity contribution in [2.45, 2.75) is 13.5 Å². The Morgan fingerprint density at radius 2 is 1.96 bits per heavy atom. The van der Waals surface area contributed by atoms with Gasteiger partial charge in [0.25, 0.3) is 5.91 Å². The number of aromatic nitrogens is 2. The maximum atomic E-state index is 11.9. The number of imidazole rings is 1. The van der Waals surface area contributed by atoms with Crippen molar-refractivity contribution < 1.29 is 14.3 Å². The van der Waals surface area contributed by atoms with E-state index in [4.69, 9.17) is 9.47 Å². The summed E-state index contributed by atoms with van der Waals surface area (Å²) in [5, 5.41) is 2.80. The quantitative estimate of drug-likeness (QED) is 0.755. The first-order chi connectivity index (χ1) is 11.7. The minimum Gasteiger partial charge on any atom is -0.493 e. The van der Waals surface area contributed by atoms with E-state index in [9.17, 15) is 4.79 Å². The summed E-state index contributed by atoms with van der Waals surface area (Å²) in [5.74, 6) is 0.925. The van der Waals surface area contributed by atoms with Gasteiger partial charge in [0.1, 0.15) is 5.65 Å².